The van der Waals surface area contributed by atoms with Crippen molar-refractivity contribution < 1.29 is 18.3 Å². The molecule has 0 saturated carbocycles. The van der Waals surface area contributed by atoms with Gasteiger partial charge in [0.25, 0.3) is 0 Å². The van der Waals surface area contributed by atoms with Crippen molar-refractivity contribution in [3.63, 3.8) is 0 Å². The molecule has 3 heterocycles. The monoisotopic (exact) mass is 511 g/mol. The molecule has 0 bridgehead atoms. The van der Waals surface area contributed by atoms with Crippen molar-refractivity contribution >= 4 is 22.7 Å². The van der Waals surface area contributed by atoms with Crippen LogP contribution in [-0.4, -0.2) is 75.9 Å². The minimum absolute atomic E-state index is 0.0766. The Labute approximate surface area is 212 Å². The summed E-state index contributed by atoms with van der Waals surface area (Å²) in [7, 11) is 2.12. The fourth-order valence-corrected chi connectivity index (χ4v) is 4.37. The van der Waals surface area contributed by atoms with Crippen molar-refractivity contribution in [2.45, 2.75) is 12.7 Å². The highest BCUT2D eigenvalue weighted by Crippen LogP contribution is 2.30. The van der Waals surface area contributed by atoms with Crippen LogP contribution in [0.3, 0.4) is 0 Å². The molecule has 0 amide bonds. The van der Waals surface area contributed by atoms with E-state index in [1.807, 2.05) is 12.1 Å². The second-order valence-corrected chi connectivity index (χ2v) is 9.12. The number of imidazole rings is 1. The SMILES string of the molecule is CN1CCN(c2ccc(-c3nc(NCCO)c4ncn(Cc5ccc(C(F)(F)F)cc5)c4n3)cc2)CC1. The van der Waals surface area contributed by atoms with Crippen LogP contribution in [0.15, 0.2) is 54.9 Å². The first-order valence-corrected chi connectivity index (χ1v) is 12.1. The maximum atomic E-state index is 12.9. The molecule has 1 aliphatic rings. The number of likely N-dealkylation sites (N-methyl/N-ethyl adjacent to an activating group) is 1. The second-order valence-electron chi connectivity index (χ2n) is 9.12. The fraction of sp³-hybridized carbons (Fsp3) is 0.346. The molecule has 37 heavy (non-hydrogen) atoms. The molecule has 11 heteroatoms. The first-order chi connectivity index (χ1) is 17.8. The first-order valence-electron chi connectivity index (χ1n) is 12.1. The third-order valence-corrected chi connectivity index (χ3v) is 6.50. The van der Waals surface area contributed by atoms with E-state index in [0.717, 1.165) is 49.6 Å². The van der Waals surface area contributed by atoms with Gasteiger partial charge in [0.05, 0.1) is 25.0 Å². The number of anilines is 2. The summed E-state index contributed by atoms with van der Waals surface area (Å²) in [6.45, 7) is 4.49. The molecule has 0 unspecified atom stereocenters. The van der Waals surface area contributed by atoms with E-state index < -0.39 is 11.7 Å². The molecule has 2 aromatic carbocycles. The number of piperazine rings is 1. The summed E-state index contributed by atoms with van der Waals surface area (Å²) in [4.78, 5) is 18.5. The number of rotatable bonds is 7. The minimum atomic E-state index is -4.38. The molecule has 1 aliphatic heterocycles. The topological polar surface area (TPSA) is 82.3 Å². The molecule has 0 radical (unpaired) electrons. The maximum absolute atomic E-state index is 12.9. The number of nitrogens with one attached hydrogen (secondary N) is 1. The Morgan fingerprint density at radius 3 is 2.30 bits per heavy atom. The van der Waals surface area contributed by atoms with Crippen LogP contribution < -0.4 is 10.2 Å². The third kappa shape index (κ3) is 5.52. The van der Waals surface area contributed by atoms with Gasteiger partial charge in [-0.25, -0.2) is 15.0 Å². The summed E-state index contributed by atoms with van der Waals surface area (Å²) in [5.41, 5.74) is 3.05. The zero-order chi connectivity index (χ0) is 26.0. The highest BCUT2D eigenvalue weighted by molar-refractivity contribution is 5.85. The van der Waals surface area contributed by atoms with Gasteiger partial charge in [0.15, 0.2) is 17.3 Å². The summed E-state index contributed by atoms with van der Waals surface area (Å²) in [6, 6.07) is 13.2. The number of benzene rings is 2. The molecule has 2 N–H and O–H groups in total. The van der Waals surface area contributed by atoms with Gasteiger partial charge in [-0.15, -0.1) is 0 Å². The molecule has 194 valence electrons. The number of aliphatic hydroxyl groups is 1. The molecule has 5 rings (SSSR count). The van der Waals surface area contributed by atoms with Crippen molar-refractivity contribution in [1.29, 1.82) is 0 Å². The van der Waals surface area contributed by atoms with E-state index in [2.05, 4.69) is 44.3 Å². The van der Waals surface area contributed by atoms with Crippen LogP contribution in [0.2, 0.25) is 0 Å². The quantitative estimate of drug-likeness (QED) is 0.392. The fourth-order valence-electron chi connectivity index (χ4n) is 4.37. The summed E-state index contributed by atoms with van der Waals surface area (Å²) in [5.74, 6) is 0.982. The molecule has 8 nitrogen and oxygen atoms in total. The van der Waals surface area contributed by atoms with Crippen LogP contribution in [0.1, 0.15) is 11.1 Å². The molecule has 2 aromatic heterocycles. The predicted molar refractivity (Wildman–Crippen MR) is 137 cm³/mol. The summed E-state index contributed by atoms with van der Waals surface area (Å²) in [6.07, 6.45) is -2.78. The summed E-state index contributed by atoms with van der Waals surface area (Å²) < 4.78 is 40.6. The van der Waals surface area contributed by atoms with Crippen molar-refractivity contribution in [1.82, 2.24) is 24.4 Å². The standard InChI is InChI=1S/C26H28F3N7O/c1-34-11-13-35(14-12-34)21-8-4-19(5-9-21)23-32-24(30-10-15-37)22-25(33-23)36(17-31-22)16-18-2-6-20(7-3-18)26(27,28)29/h2-9,17,37H,10-16H2,1H3,(H,30,32,33). The molecule has 1 saturated heterocycles. The van der Waals surface area contributed by atoms with Crippen molar-refractivity contribution in [2.24, 2.45) is 0 Å². The zero-order valence-electron chi connectivity index (χ0n) is 20.4. The van der Waals surface area contributed by atoms with Crippen LogP contribution in [0, 0.1) is 0 Å². The number of aliphatic hydroxyl groups excluding tert-OH is 1. The highest BCUT2D eigenvalue weighted by Gasteiger charge is 2.30. The molecule has 0 atom stereocenters. The highest BCUT2D eigenvalue weighted by atomic mass is 19.4. The number of fused-ring (bicyclic) bond motifs is 1. The second kappa shape index (κ2) is 10.3. The Kier molecular flexibility index (Phi) is 6.98. The van der Waals surface area contributed by atoms with Crippen LogP contribution in [0.5, 0.6) is 0 Å². The smallest absolute Gasteiger partial charge is 0.395 e. The van der Waals surface area contributed by atoms with Crippen molar-refractivity contribution in [3.8, 4) is 11.4 Å². The Bertz CT molecular complexity index is 1350. The van der Waals surface area contributed by atoms with Crippen LogP contribution >= 0.6 is 0 Å². The van der Waals surface area contributed by atoms with E-state index in [9.17, 15) is 18.3 Å². The average molecular weight is 512 g/mol. The molecule has 0 aliphatic carbocycles. The number of hydrogen-bond acceptors (Lipinski definition) is 7. The molecular formula is C26H28F3N7O. The molecular weight excluding hydrogens is 483 g/mol. The number of halogens is 3. The predicted octanol–water partition coefficient (Wildman–Crippen LogP) is 3.72. The van der Waals surface area contributed by atoms with Crippen LogP contribution in [0.25, 0.3) is 22.6 Å². The van der Waals surface area contributed by atoms with Gasteiger partial charge in [-0.1, -0.05) is 12.1 Å². The minimum Gasteiger partial charge on any atom is -0.395 e. The van der Waals surface area contributed by atoms with E-state index in [4.69, 9.17) is 4.98 Å². The van der Waals surface area contributed by atoms with E-state index in [0.29, 0.717) is 41.5 Å². The number of aromatic nitrogens is 4. The lowest BCUT2D eigenvalue weighted by molar-refractivity contribution is -0.137. The van der Waals surface area contributed by atoms with Gasteiger partial charge in [-0.3, -0.25) is 0 Å². The first kappa shape index (κ1) is 25.0. The van der Waals surface area contributed by atoms with Gasteiger partial charge in [0.1, 0.15) is 5.52 Å². The Hall–Kier alpha value is -3.70. The van der Waals surface area contributed by atoms with E-state index >= 15 is 0 Å². The lowest BCUT2D eigenvalue weighted by Gasteiger charge is -2.34. The normalized spacial score (nSPS) is 14.9. The zero-order valence-corrected chi connectivity index (χ0v) is 20.4. The number of nitrogens with zero attached hydrogens (tertiary/aromatic N) is 6. The maximum Gasteiger partial charge on any atom is 0.416 e. The van der Waals surface area contributed by atoms with Crippen LogP contribution in [0.4, 0.5) is 24.7 Å². The summed E-state index contributed by atoms with van der Waals surface area (Å²) in [5, 5.41) is 12.4. The molecule has 0 spiro atoms. The summed E-state index contributed by atoms with van der Waals surface area (Å²) >= 11 is 0. The lowest BCUT2D eigenvalue weighted by Crippen LogP contribution is -2.44. The van der Waals surface area contributed by atoms with E-state index in [1.54, 1.807) is 10.9 Å². The number of hydrogen-bond donors (Lipinski definition) is 2. The average Bonchev–Trinajstić information content (AvgIpc) is 3.30. The van der Waals surface area contributed by atoms with E-state index in [-0.39, 0.29) is 6.61 Å². The lowest BCUT2D eigenvalue weighted by atomic mass is 10.1. The van der Waals surface area contributed by atoms with Crippen molar-refractivity contribution in [2.75, 3.05) is 56.6 Å². The Balaban J connectivity index is 1.45. The Morgan fingerprint density at radius 1 is 0.946 bits per heavy atom. The van der Waals surface area contributed by atoms with Gasteiger partial charge in [0, 0.05) is 44.0 Å². The third-order valence-electron chi connectivity index (χ3n) is 6.50. The van der Waals surface area contributed by atoms with Crippen LogP contribution in [-0.2, 0) is 12.7 Å². The Morgan fingerprint density at radius 2 is 1.65 bits per heavy atom. The van der Waals surface area contributed by atoms with E-state index in [1.165, 1.54) is 12.1 Å². The molecule has 4 aromatic rings. The van der Waals surface area contributed by atoms with Crippen molar-refractivity contribution in [3.05, 3.63) is 66.0 Å². The van der Waals surface area contributed by atoms with Gasteiger partial charge in [-0.05, 0) is 49.0 Å². The van der Waals surface area contributed by atoms with Gasteiger partial charge in [-0.2, -0.15) is 13.2 Å². The largest absolute Gasteiger partial charge is 0.416 e. The van der Waals surface area contributed by atoms with Gasteiger partial charge >= 0.3 is 6.18 Å². The number of alkyl halides is 3. The molecule has 1 fully saturated rings. The van der Waals surface area contributed by atoms with Gasteiger partial charge in [0.2, 0.25) is 0 Å². The van der Waals surface area contributed by atoms with Gasteiger partial charge < -0.3 is 24.8 Å².